The fourth-order valence-electron chi connectivity index (χ4n) is 1.59. The Morgan fingerprint density at radius 1 is 1.38 bits per heavy atom. The summed E-state index contributed by atoms with van der Waals surface area (Å²) in [6.45, 7) is 1.93. The molecule has 0 aromatic heterocycles. The van der Waals surface area contributed by atoms with E-state index < -0.39 is 0 Å². The van der Waals surface area contributed by atoms with Crippen molar-refractivity contribution in [1.82, 2.24) is 10.2 Å². The highest BCUT2D eigenvalue weighted by molar-refractivity contribution is 5.99. The number of nitrogens with zero attached hydrogens (tertiary/aromatic N) is 1. The van der Waals surface area contributed by atoms with Crippen molar-refractivity contribution < 1.29 is 9.90 Å². The van der Waals surface area contributed by atoms with Gasteiger partial charge in [-0.2, -0.15) is 0 Å². The van der Waals surface area contributed by atoms with Crippen LogP contribution in [0.2, 0.25) is 0 Å². The number of benzene rings is 1. The number of hydrogen-bond donors (Lipinski definition) is 2. The molecule has 1 aliphatic heterocycles. The molecule has 0 saturated carbocycles. The lowest BCUT2D eigenvalue weighted by Crippen LogP contribution is -2.30. The molecule has 1 amide bonds. The lowest BCUT2D eigenvalue weighted by Gasteiger charge is -2.12. The maximum Gasteiger partial charge on any atom is 0.271 e. The second kappa shape index (κ2) is 3.89. The van der Waals surface area contributed by atoms with E-state index in [0.717, 1.165) is 5.56 Å². The van der Waals surface area contributed by atoms with Crippen LogP contribution in [0.15, 0.2) is 30.0 Å². The highest BCUT2D eigenvalue weighted by Crippen LogP contribution is 2.16. The molecular weight excluding hydrogens is 204 g/mol. The Kier molecular flexibility index (Phi) is 2.56. The number of rotatable bonds is 1. The Bertz CT molecular complexity index is 437. The van der Waals surface area contributed by atoms with E-state index in [4.69, 9.17) is 5.11 Å². The van der Waals surface area contributed by atoms with Gasteiger partial charge < -0.3 is 15.3 Å². The molecule has 0 bridgehead atoms. The summed E-state index contributed by atoms with van der Waals surface area (Å²) in [5.41, 5.74) is 1.47. The van der Waals surface area contributed by atoms with E-state index in [9.17, 15) is 4.79 Å². The number of likely N-dealkylation sites (N-methyl/N-ethyl adjacent to an activating group) is 1. The van der Waals surface area contributed by atoms with E-state index in [1.165, 1.54) is 0 Å². The maximum absolute atomic E-state index is 11.7. The summed E-state index contributed by atoms with van der Waals surface area (Å²) in [7, 11) is 1.76. The van der Waals surface area contributed by atoms with Crippen molar-refractivity contribution in [3.8, 4) is 5.75 Å². The summed E-state index contributed by atoms with van der Waals surface area (Å²) in [6, 6.07) is 6.72. The van der Waals surface area contributed by atoms with Crippen LogP contribution in [0, 0.1) is 0 Å². The first kappa shape index (κ1) is 10.5. The first-order valence-corrected chi connectivity index (χ1v) is 5.12. The van der Waals surface area contributed by atoms with E-state index in [-0.39, 0.29) is 17.8 Å². The second-order valence-electron chi connectivity index (χ2n) is 3.89. The van der Waals surface area contributed by atoms with Crippen LogP contribution in [0.3, 0.4) is 0 Å². The standard InChI is InChI=1S/C12H14N2O2/c1-8-13-11(12(16)14(8)2)7-9-3-5-10(15)6-4-9/h3-8,13,15H,1-2H3/b11-7-. The van der Waals surface area contributed by atoms with Crippen LogP contribution in [0.5, 0.6) is 5.75 Å². The zero-order chi connectivity index (χ0) is 11.7. The fraction of sp³-hybridized carbons (Fsp3) is 0.250. The van der Waals surface area contributed by atoms with Crippen molar-refractivity contribution in [3.05, 3.63) is 35.5 Å². The first-order chi connectivity index (χ1) is 7.58. The normalized spacial score (nSPS) is 22.6. The van der Waals surface area contributed by atoms with E-state index in [1.807, 2.05) is 6.92 Å². The minimum absolute atomic E-state index is 0.0134. The first-order valence-electron chi connectivity index (χ1n) is 5.12. The summed E-state index contributed by atoms with van der Waals surface area (Å²) in [4.78, 5) is 13.4. The molecule has 1 saturated heterocycles. The Balaban J connectivity index is 2.25. The smallest absolute Gasteiger partial charge is 0.271 e. The Morgan fingerprint density at radius 3 is 2.50 bits per heavy atom. The van der Waals surface area contributed by atoms with Crippen LogP contribution >= 0.6 is 0 Å². The molecule has 1 aromatic rings. The zero-order valence-corrected chi connectivity index (χ0v) is 9.27. The molecule has 1 atom stereocenters. The molecule has 0 spiro atoms. The van der Waals surface area contributed by atoms with E-state index in [1.54, 1.807) is 42.3 Å². The number of carbonyl (C=O) groups is 1. The molecule has 1 fully saturated rings. The van der Waals surface area contributed by atoms with Gasteiger partial charge in [0, 0.05) is 7.05 Å². The third kappa shape index (κ3) is 1.86. The zero-order valence-electron chi connectivity index (χ0n) is 9.27. The Hall–Kier alpha value is -1.97. The Labute approximate surface area is 94.2 Å². The molecule has 84 valence electrons. The third-order valence-corrected chi connectivity index (χ3v) is 2.70. The van der Waals surface area contributed by atoms with E-state index >= 15 is 0 Å². The van der Waals surface area contributed by atoms with Crippen LogP contribution in [0.4, 0.5) is 0 Å². The largest absolute Gasteiger partial charge is 0.508 e. The molecule has 1 unspecified atom stereocenters. The van der Waals surface area contributed by atoms with Gasteiger partial charge in [-0.15, -0.1) is 0 Å². The molecule has 2 N–H and O–H groups in total. The summed E-state index contributed by atoms with van der Waals surface area (Å²) >= 11 is 0. The molecule has 1 aromatic carbocycles. The molecule has 16 heavy (non-hydrogen) atoms. The van der Waals surface area contributed by atoms with Gasteiger partial charge in [0.25, 0.3) is 5.91 Å². The third-order valence-electron chi connectivity index (χ3n) is 2.70. The number of amides is 1. The minimum Gasteiger partial charge on any atom is -0.508 e. The lowest BCUT2D eigenvalue weighted by molar-refractivity contribution is -0.124. The summed E-state index contributed by atoms with van der Waals surface area (Å²) in [5.74, 6) is 0.207. The summed E-state index contributed by atoms with van der Waals surface area (Å²) < 4.78 is 0. The van der Waals surface area contributed by atoms with Gasteiger partial charge in [0.05, 0.1) is 6.17 Å². The molecule has 1 heterocycles. The van der Waals surface area contributed by atoms with Crippen molar-refractivity contribution in [2.45, 2.75) is 13.1 Å². The lowest BCUT2D eigenvalue weighted by atomic mass is 10.2. The monoisotopic (exact) mass is 218 g/mol. The Morgan fingerprint density at radius 2 is 2.00 bits per heavy atom. The summed E-state index contributed by atoms with van der Waals surface area (Å²) in [5, 5.41) is 12.2. The number of hydrogen-bond acceptors (Lipinski definition) is 3. The predicted molar refractivity (Wildman–Crippen MR) is 61.5 cm³/mol. The fourth-order valence-corrected chi connectivity index (χ4v) is 1.59. The SMILES string of the molecule is CC1N/C(=C\c2ccc(O)cc2)C(=O)N1C. The van der Waals surface area contributed by atoms with Crippen molar-refractivity contribution in [2.75, 3.05) is 7.05 Å². The molecule has 4 nitrogen and oxygen atoms in total. The van der Waals surface area contributed by atoms with E-state index in [0.29, 0.717) is 5.70 Å². The molecule has 1 aliphatic rings. The van der Waals surface area contributed by atoms with Gasteiger partial charge >= 0.3 is 0 Å². The van der Waals surface area contributed by atoms with Gasteiger partial charge in [-0.25, -0.2) is 0 Å². The van der Waals surface area contributed by atoms with Gasteiger partial charge in [0.15, 0.2) is 0 Å². The van der Waals surface area contributed by atoms with Crippen molar-refractivity contribution in [1.29, 1.82) is 0 Å². The van der Waals surface area contributed by atoms with Crippen molar-refractivity contribution in [3.63, 3.8) is 0 Å². The van der Waals surface area contributed by atoms with Crippen LogP contribution in [-0.4, -0.2) is 29.1 Å². The number of aromatic hydroxyl groups is 1. The van der Waals surface area contributed by atoms with Crippen LogP contribution in [-0.2, 0) is 4.79 Å². The topological polar surface area (TPSA) is 52.6 Å². The maximum atomic E-state index is 11.7. The molecule has 0 radical (unpaired) electrons. The van der Waals surface area contributed by atoms with Crippen molar-refractivity contribution in [2.24, 2.45) is 0 Å². The van der Waals surface area contributed by atoms with Gasteiger partial charge in [0.1, 0.15) is 11.4 Å². The second-order valence-corrected chi connectivity index (χ2v) is 3.89. The number of nitrogens with one attached hydrogen (secondary N) is 1. The molecule has 2 rings (SSSR count). The quantitative estimate of drug-likeness (QED) is 0.695. The molecule has 0 aliphatic carbocycles. The molecule has 4 heteroatoms. The average Bonchev–Trinajstić information content (AvgIpc) is 2.50. The number of phenolic OH excluding ortho intramolecular Hbond substituents is 1. The van der Waals surface area contributed by atoms with Crippen LogP contribution in [0.25, 0.3) is 6.08 Å². The highest BCUT2D eigenvalue weighted by Gasteiger charge is 2.27. The molecular formula is C12H14N2O2. The predicted octanol–water partition coefficient (Wildman–Crippen LogP) is 1.14. The van der Waals surface area contributed by atoms with Gasteiger partial charge in [0.2, 0.25) is 0 Å². The highest BCUT2D eigenvalue weighted by atomic mass is 16.3. The van der Waals surface area contributed by atoms with Gasteiger partial charge in [-0.05, 0) is 30.7 Å². The van der Waals surface area contributed by atoms with Gasteiger partial charge in [-0.1, -0.05) is 12.1 Å². The number of phenols is 1. The van der Waals surface area contributed by atoms with Crippen molar-refractivity contribution >= 4 is 12.0 Å². The van der Waals surface area contributed by atoms with Crippen LogP contribution in [0.1, 0.15) is 12.5 Å². The number of carbonyl (C=O) groups excluding carboxylic acids is 1. The van der Waals surface area contributed by atoms with E-state index in [2.05, 4.69) is 5.32 Å². The van der Waals surface area contributed by atoms with Crippen LogP contribution < -0.4 is 5.32 Å². The minimum atomic E-state index is -0.0134. The summed E-state index contributed by atoms with van der Waals surface area (Å²) in [6.07, 6.45) is 1.80. The average molecular weight is 218 g/mol. The van der Waals surface area contributed by atoms with Gasteiger partial charge in [-0.3, -0.25) is 4.79 Å².